The lowest BCUT2D eigenvalue weighted by Crippen LogP contribution is -2.41. The number of hydrogen-bond donors (Lipinski definition) is 1. The van der Waals surface area contributed by atoms with Crippen LogP contribution in [0.15, 0.2) is 66.7 Å². The van der Waals surface area contributed by atoms with Gasteiger partial charge in [-0.1, -0.05) is 72.8 Å². The monoisotopic (exact) mass is 339 g/mol. The van der Waals surface area contributed by atoms with E-state index in [9.17, 15) is 9.59 Å². The molecular weight excluding hydrogens is 318 g/mol. The van der Waals surface area contributed by atoms with E-state index in [0.717, 1.165) is 11.1 Å². The largest absolute Gasteiger partial charge is 0.467 e. The van der Waals surface area contributed by atoms with Crippen molar-refractivity contribution in [2.45, 2.75) is 19.1 Å². The maximum Gasteiger partial charge on any atom is 0.408 e. The third-order valence-corrected chi connectivity index (χ3v) is 3.47. The maximum absolute atomic E-state index is 11.9. The summed E-state index contributed by atoms with van der Waals surface area (Å²) in [6.07, 6.45) is 3.34. The maximum atomic E-state index is 11.9. The van der Waals surface area contributed by atoms with E-state index in [1.54, 1.807) is 0 Å². The summed E-state index contributed by atoms with van der Waals surface area (Å²) in [4.78, 5) is 23.8. The second-order valence-electron chi connectivity index (χ2n) is 5.33. The van der Waals surface area contributed by atoms with Gasteiger partial charge in [0.1, 0.15) is 12.6 Å². The Morgan fingerprint density at radius 3 is 2.32 bits per heavy atom. The average Bonchev–Trinajstić information content (AvgIpc) is 2.66. The van der Waals surface area contributed by atoms with Gasteiger partial charge in [-0.15, -0.1) is 0 Å². The smallest absolute Gasteiger partial charge is 0.408 e. The zero-order valence-electron chi connectivity index (χ0n) is 14.1. The number of hydrogen-bond acceptors (Lipinski definition) is 4. The van der Waals surface area contributed by atoms with Crippen molar-refractivity contribution in [2.75, 3.05) is 7.11 Å². The van der Waals surface area contributed by atoms with Gasteiger partial charge in [-0.2, -0.15) is 0 Å². The lowest BCUT2D eigenvalue weighted by molar-refractivity contribution is -0.142. The van der Waals surface area contributed by atoms with Crippen LogP contribution in [0, 0.1) is 0 Å². The predicted molar refractivity (Wildman–Crippen MR) is 95.7 cm³/mol. The van der Waals surface area contributed by atoms with E-state index >= 15 is 0 Å². The second kappa shape index (κ2) is 9.93. The van der Waals surface area contributed by atoms with Crippen LogP contribution in [0.3, 0.4) is 0 Å². The number of ether oxygens (including phenoxy) is 2. The first-order valence-corrected chi connectivity index (χ1v) is 7.95. The SMILES string of the molecule is COC(=O)C(C/C=C\c1ccccc1)NC(=O)OCc1ccccc1. The van der Waals surface area contributed by atoms with Crippen molar-refractivity contribution in [3.05, 3.63) is 77.9 Å². The fraction of sp³-hybridized carbons (Fsp3) is 0.200. The Morgan fingerprint density at radius 1 is 1.04 bits per heavy atom. The Morgan fingerprint density at radius 2 is 1.68 bits per heavy atom. The minimum atomic E-state index is -0.798. The standard InChI is InChI=1S/C20H21NO4/c1-24-19(22)18(14-8-13-16-9-4-2-5-10-16)21-20(23)25-15-17-11-6-3-7-12-17/h2-13,18H,14-15H2,1H3,(H,21,23)/b13-8-. The second-order valence-corrected chi connectivity index (χ2v) is 5.33. The third kappa shape index (κ3) is 6.51. The van der Waals surface area contributed by atoms with Crippen LogP contribution in [-0.2, 0) is 20.9 Å². The Balaban J connectivity index is 1.87. The quantitative estimate of drug-likeness (QED) is 0.784. The van der Waals surface area contributed by atoms with Crippen LogP contribution in [0.1, 0.15) is 17.5 Å². The van der Waals surface area contributed by atoms with E-state index < -0.39 is 18.1 Å². The number of nitrogens with one attached hydrogen (secondary N) is 1. The molecule has 1 amide bonds. The molecular formula is C20H21NO4. The predicted octanol–water partition coefficient (Wildman–Crippen LogP) is 3.56. The first-order chi connectivity index (χ1) is 12.2. The molecule has 0 saturated carbocycles. The summed E-state index contributed by atoms with van der Waals surface area (Å²) in [5, 5.41) is 2.54. The lowest BCUT2D eigenvalue weighted by Gasteiger charge is -2.15. The molecule has 0 aliphatic carbocycles. The topological polar surface area (TPSA) is 64.6 Å². The third-order valence-electron chi connectivity index (χ3n) is 3.47. The van der Waals surface area contributed by atoms with Crippen molar-refractivity contribution in [3.8, 4) is 0 Å². The minimum Gasteiger partial charge on any atom is -0.467 e. The molecule has 1 unspecified atom stereocenters. The summed E-state index contributed by atoms with van der Waals surface area (Å²) in [6, 6.07) is 18.2. The van der Waals surface area contributed by atoms with Gasteiger partial charge in [-0.25, -0.2) is 9.59 Å². The summed E-state index contributed by atoms with van der Waals surface area (Å²) in [5.41, 5.74) is 1.88. The Bertz CT molecular complexity index is 698. The van der Waals surface area contributed by atoms with Gasteiger partial charge in [-0.3, -0.25) is 0 Å². The Labute approximate surface area is 147 Å². The van der Waals surface area contributed by atoms with Crippen LogP contribution in [0.5, 0.6) is 0 Å². The number of methoxy groups -OCH3 is 1. The lowest BCUT2D eigenvalue weighted by atomic mass is 10.1. The van der Waals surface area contributed by atoms with Gasteiger partial charge in [-0.05, 0) is 17.5 Å². The number of carbonyl (C=O) groups excluding carboxylic acids is 2. The molecule has 2 rings (SSSR count). The van der Waals surface area contributed by atoms with Crippen LogP contribution < -0.4 is 5.32 Å². The summed E-state index contributed by atoms with van der Waals surface area (Å²) in [6.45, 7) is 0.139. The zero-order valence-corrected chi connectivity index (χ0v) is 14.1. The van der Waals surface area contributed by atoms with Crippen molar-refractivity contribution in [2.24, 2.45) is 0 Å². The highest BCUT2D eigenvalue weighted by atomic mass is 16.6. The van der Waals surface area contributed by atoms with E-state index in [1.807, 2.05) is 72.8 Å². The molecule has 0 aliphatic heterocycles. The molecule has 5 heteroatoms. The first-order valence-electron chi connectivity index (χ1n) is 7.95. The molecule has 0 radical (unpaired) electrons. The highest BCUT2D eigenvalue weighted by Crippen LogP contribution is 2.05. The van der Waals surface area contributed by atoms with Crippen LogP contribution in [0.25, 0.3) is 6.08 Å². The molecule has 0 aromatic heterocycles. The molecule has 130 valence electrons. The van der Waals surface area contributed by atoms with Gasteiger partial charge in [0.05, 0.1) is 7.11 Å². The molecule has 1 atom stereocenters. The van der Waals surface area contributed by atoms with Gasteiger partial charge in [0.2, 0.25) is 0 Å². The van der Waals surface area contributed by atoms with Gasteiger partial charge < -0.3 is 14.8 Å². The molecule has 5 nitrogen and oxygen atoms in total. The molecule has 0 fully saturated rings. The molecule has 0 bridgehead atoms. The molecule has 2 aromatic rings. The number of alkyl carbamates (subject to hydrolysis) is 1. The number of amides is 1. The first kappa shape index (κ1) is 18.3. The molecule has 0 heterocycles. The number of benzene rings is 2. The number of carbonyl (C=O) groups is 2. The fourth-order valence-electron chi connectivity index (χ4n) is 2.17. The highest BCUT2D eigenvalue weighted by Gasteiger charge is 2.20. The van der Waals surface area contributed by atoms with Crippen LogP contribution in [-0.4, -0.2) is 25.2 Å². The molecule has 0 spiro atoms. The summed E-state index contributed by atoms with van der Waals surface area (Å²) < 4.78 is 9.87. The number of rotatable bonds is 7. The van der Waals surface area contributed by atoms with Crippen LogP contribution in [0.4, 0.5) is 4.79 Å². The van der Waals surface area contributed by atoms with Gasteiger partial charge in [0.25, 0.3) is 0 Å². The van der Waals surface area contributed by atoms with Crippen molar-refractivity contribution < 1.29 is 19.1 Å². The van der Waals surface area contributed by atoms with E-state index in [4.69, 9.17) is 9.47 Å². The van der Waals surface area contributed by atoms with E-state index in [1.165, 1.54) is 7.11 Å². The number of esters is 1. The zero-order chi connectivity index (χ0) is 17.9. The van der Waals surface area contributed by atoms with Gasteiger partial charge in [0.15, 0.2) is 0 Å². The van der Waals surface area contributed by atoms with E-state index in [0.29, 0.717) is 6.42 Å². The highest BCUT2D eigenvalue weighted by molar-refractivity contribution is 5.81. The summed E-state index contributed by atoms with van der Waals surface area (Å²) in [7, 11) is 1.28. The van der Waals surface area contributed by atoms with Crippen molar-refractivity contribution in [3.63, 3.8) is 0 Å². The van der Waals surface area contributed by atoms with Crippen LogP contribution >= 0.6 is 0 Å². The Kier molecular flexibility index (Phi) is 7.25. The molecule has 25 heavy (non-hydrogen) atoms. The molecule has 2 aromatic carbocycles. The molecule has 1 N–H and O–H groups in total. The van der Waals surface area contributed by atoms with E-state index in [2.05, 4.69) is 5.32 Å². The fourth-order valence-corrected chi connectivity index (χ4v) is 2.17. The van der Waals surface area contributed by atoms with Crippen molar-refractivity contribution in [1.82, 2.24) is 5.32 Å². The van der Waals surface area contributed by atoms with Crippen molar-refractivity contribution in [1.29, 1.82) is 0 Å². The van der Waals surface area contributed by atoms with Gasteiger partial charge >= 0.3 is 12.1 Å². The average molecular weight is 339 g/mol. The van der Waals surface area contributed by atoms with Crippen molar-refractivity contribution >= 4 is 18.1 Å². The van der Waals surface area contributed by atoms with Crippen LogP contribution in [0.2, 0.25) is 0 Å². The minimum absolute atomic E-state index is 0.139. The summed E-state index contributed by atoms with van der Waals surface area (Å²) >= 11 is 0. The Hall–Kier alpha value is -3.08. The van der Waals surface area contributed by atoms with E-state index in [-0.39, 0.29) is 6.61 Å². The summed E-state index contributed by atoms with van der Waals surface area (Å²) in [5.74, 6) is -0.519. The normalized spacial score (nSPS) is 11.7. The molecule has 0 saturated heterocycles. The van der Waals surface area contributed by atoms with Gasteiger partial charge in [0, 0.05) is 0 Å². The molecule has 0 aliphatic rings.